The summed E-state index contributed by atoms with van der Waals surface area (Å²) in [6, 6.07) is 1.18. The smallest absolute Gasteiger partial charge is 0.405 e. The molecule has 25 heavy (non-hydrogen) atoms. The number of hydrogen-bond donors (Lipinski definition) is 4. The van der Waals surface area contributed by atoms with Crippen molar-refractivity contribution < 1.29 is 15.0 Å². The molecule has 1 aliphatic heterocycles. The van der Waals surface area contributed by atoms with E-state index >= 15 is 0 Å². The van der Waals surface area contributed by atoms with Gasteiger partial charge in [0.05, 0.1) is 42.5 Å². The summed E-state index contributed by atoms with van der Waals surface area (Å²) in [5.41, 5.74) is 7.83. The van der Waals surface area contributed by atoms with Gasteiger partial charge < -0.3 is 26.2 Å². The number of carboxylic acid groups (broad SMARTS) is 1. The Morgan fingerprint density at radius 2 is 2.28 bits per heavy atom. The molecule has 134 valence electrons. The number of nitrogen functional groups attached to an aromatic ring is 1. The van der Waals surface area contributed by atoms with Gasteiger partial charge in [-0.2, -0.15) is 0 Å². The number of piperidine rings is 1. The van der Waals surface area contributed by atoms with Crippen LogP contribution in [-0.4, -0.2) is 55.4 Å². The highest BCUT2D eigenvalue weighted by Crippen LogP contribution is 2.33. The number of nitrogens with two attached hydrogens (primary N) is 1. The summed E-state index contributed by atoms with van der Waals surface area (Å²) in [7, 11) is 0. The number of carbonyl (C=O) groups is 1. The predicted octanol–water partition coefficient (Wildman–Crippen LogP) is 0.0812. The molecule has 0 unspecified atom stereocenters. The first kappa shape index (κ1) is 17.0. The van der Waals surface area contributed by atoms with Crippen LogP contribution in [0.4, 0.5) is 16.2 Å². The molecule has 3 heterocycles. The van der Waals surface area contributed by atoms with Gasteiger partial charge in [0.1, 0.15) is 5.69 Å². The van der Waals surface area contributed by atoms with E-state index in [4.69, 9.17) is 5.73 Å². The summed E-state index contributed by atoms with van der Waals surface area (Å²) in [5, 5.41) is 28.9. The van der Waals surface area contributed by atoms with Crippen LogP contribution in [0.15, 0.2) is 24.7 Å². The van der Waals surface area contributed by atoms with Gasteiger partial charge in [-0.1, -0.05) is 12.1 Å². The molecule has 2 aromatic heterocycles. The summed E-state index contributed by atoms with van der Waals surface area (Å²) < 4.78 is 1.63. The molecule has 2 aromatic rings. The average molecular weight is 347 g/mol. The molecular formula is C15H21N7O3. The highest BCUT2D eigenvalue weighted by atomic mass is 16.4. The number of rotatable bonds is 4. The molecule has 10 nitrogen and oxygen atoms in total. The Hall–Kier alpha value is -2.88. The molecule has 1 amide bonds. The van der Waals surface area contributed by atoms with E-state index in [9.17, 15) is 15.0 Å². The van der Waals surface area contributed by atoms with Crippen LogP contribution in [0.25, 0.3) is 0 Å². The minimum Gasteiger partial charge on any atom is -0.465 e. The molecule has 3 rings (SSSR count). The maximum absolute atomic E-state index is 11.3. The molecule has 10 heteroatoms. The van der Waals surface area contributed by atoms with Gasteiger partial charge in [-0.15, -0.1) is 5.10 Å². The zero-order valence-electron chi connectivity index (χ0n) is 13.8. The van der Waals surface area contributed by atoms with Gasteiger partial charge >= 0.3 is 6.09 Å². The number of pyridine rings is 1. The number of amides is 1. The van der Waals surface area contributed by atoms with Crippen molar-refractivity contribution >= 4 is 17.5 Å². The first-order valence-corrected chi connectivity index (χ1v) is 7.95. The minimum absolute atomic E-state index is 0.0615. The molecule has 3 atom stereocenters. The van der Waals surface area contributed by atoms with Crippen LogP contribution in [0.2, 0.25) is 0 Å². The Bertz CT molecular complexity index is 750. The van der Waals surface area contributed by atoms with E-state index in [2.05, 4.69) is 20.6 Å². The lowest BCUT2D eigenvalue weighted by atomic mass is 9.89. The van der Waals surface area contributed by atoms with E-state index in [1.807, 2.05) is 17.9 Å². The summed E-state index contributed by atoms with van der Waals surface area (Å²) in [4.78, 5) is 17.3. The van der Waals surface area contributed by atoms with E-state index in [-0.39, 0.29) is 18.6 Å². The minimum atomic E-state index is -1.10. The van der Waals surface area contributed by atoms with Gasteiger partial charge in [-0.05, 0) is 12.0 Å². The largest absolute Gasteiger partial charge is 0.465 e. The van der Waals surface area contributed by atoms with Crippen molar-refractivity contribution in [2.75, 3.05) is 23.7 Å². The van der Waals surface area contributed by atoms with Crippen LogP contribution in [0.5, 0.6) is 0 Å². The third-order valence-corrected chi connectivity index (χ3v) is 4.42. The molecular weight excluding hydrogens is 326 g/mol. The second-order valence-corrected chi connectivity index (χ2v) is 6.21. The van der Waals surface area contributed by atoms with Gasteiger partial charge in [0.2, 0.25) is 0 Å². The van der Waals surface area contributed by atoms with Crippen LogP contribution < -0.4 is 16.0 Å². The Kier molecular flexibility index (Phi) is 4.70. The molecule has 5 N–H and O–H groups in total. The third-order valence-electron chi connectivity index (χ3n) is 4.42. The summed E-state index contributed by atoms with van der Waals surface area (Å²) in [6.45, 7) is 2.91. The van der Waals surface area contributed by atoms with Crippen molar-refractivity contribution in [1.29, 1.82) is 0 Å². The van der Waals surface area contributed by atoms with Crippen LogP contribution in [0, 0.1) is 5.92 Å². The number of aliphatic hydroxyl groups excluding tert-OH is 1. The van der Waals surface area contributed by atoms with E-state index in [1.54, 1.807) is 23.3 Å². The lowest BCUT2D eigenvalue weighted by Gasteiger charge is -2.43. The predicted molar refractivity (Wildman–Crippen MR) is 90.0 cm³/mol. The Balaban J connectivity index is 1.90. The molecule has 0 aliphatic carbocycles. The van der Waals surface area contributed by atoms with Crippen molar-refractivity contribution in [2.45, 2.75) is 25.6 Å². The zero-order valence-corrected chi connectivity index (χ0v) is 13.8. The van der Waals surface area contributed by atoms with E-state index in [0.29, 0.717) is 24.5 Å². The average Bonchev–Trinajstić information content (AvgIpc) is 3.03. The molecule has 0 saturated carbocycles. The van der Waals surface area contributed by atoms with Crippen molar-refractivity contribution in [1.82, 2.24) is 25.3 Å². The summed E-state index contributed by atoms with van der Waals surface area (Å²) in [6.07, 6.45) is 3.78. The third kappa shape index (κ3) is 3.48. The van der Waals surface area contributed by atoms with Crippen molar-refractivity contribution in [3.8, 4) is 0 Å². The first-order chi connectivity index (χ1) is 12.0. The van der Waals surface area contributed by atoms with E-state index in [0.717, 1.165) is 5.69 Å². The fraction of sp³-hybridized carbons (Fsp3) is 0.467. The first-order valence-electron chi connectivity index (χ1n) is 7.95. The van der Waals surface area contributed by atoms with E-state index < -0.39 is 12.1 Å². The second-order valence-electron chi connectivity index (χ2n) is 6.21. The fourth-order valence-electron chi connectivity index (χ4n) is 3.42. The van der Waals surface area contributed by atoms with Crippen molar-refractivity contribution in [3.05, 3.63) is 30.4 Å². The number of hydrogen-bond acceptors (Lipinski definition) is 7. The highest BCUT2D eigenvalue weighted by molar-refractivity contribution is 5.67. The molecule has 0 bridgehead atoms. The number of nitrogens with zero attached hydrogens (tertiary/aromatic N) is 5. The lowest BCUT2D eigenvalue weighted by Crippen LogP contribution is -2.56. The fourth-order valence-corrected chi connectivity index (χ4v) is 3.42. The van der Waals surface area contributed by atoms with Gasteiger partial charge in [-0.25, -0.2) is 9.48 Å². The normalized spacial score (nSPS) is 23.4. The Morgan fingerprint density at radius 1 is 1.48 bits per heavy atom. The summed E-state index contributed by atoms with van der Waals surface area (Å²) in [5.74, 6) is 0.0615. The van der Waals surface area contributed by atoms with Crippen LogP contribution in [0.3, 0.4) is 0 Å². The lowest BCUT2D eigenvalue weighted by molar-refractivity contribution is 0.167. The SMILES string of the molecule is C[C@H]1CN(c2ccncc2N)C[C@@H](NC(=O)O)[C@H]1n1cc(CO)nn1. The molecule has 0 spiro atoms. The quantitative estimate of drug-likeness (QED) is 0.609. The monoisotopic (exact) mass is 347 g/mol. The molecule has 1 saturated heterocycles. The number of nitrogens with one attached hydrogen (secondary N) is 1. The molecule has 0 aromatic carbocycles. The molecule has 1 aliphatic rings. The Labute approximate surface area is 144 Å². The maximum Gasteiger partial charge on any atom is 0.405 e. The van der Waals surface area contributed by atoms with Gasteiger partial charge in [-0.3, -0.25) is 4.98 Å². The van der Waals surface area contributed by atoms with Crippen LogP contribution in [-0.2, 0) is 6.61 Å². The number of anilines is 2. The van der Waals surface area contributed by atoms with Crippen molar-refractivity contribution in [3.63, 3.8) is 0 Å². The topological polar surface area (TPSA) is 142 Å². The number of aromatic nitrogens is 4. The van der Waals surface area contributed by atoms with Gasteiger partial charge in [0.25, 0.3) is 0 Å². The highest BCUT2D eigenvalue weighted by Gasteiger charge is 2.38. The second kappa shape index (κ2) is 6.93. The zero-order chi connectivity index (χ0) is 18.0. The molecule has 0 radical (unpaired) electrons. The standard InChI is InChI=1S/C15H21N7O3/c1-9-5-21(13-2-3-17-4-11(13)16)7-12(18-15(24)25)14(9)22-6-10(8-23)19-20-22/h2-4,6,9,12,14,18,23H,5,7-8,16H2,1H3,(H,24,25)/t9-,12+,14-/m0/s1. The summed E-state index contributed by atoms with van der Waals surface area (Å²) >= 11 is 0. The maximum atomic E-state index is 11.3. The number of aliphatic hydroxyl groups is 1. The van der Waals surface area contributed by atoms with E-state index in [1.165, 1.54) is 0 Å². The molecule has 1 fully saturated rings. The van der Waals surface area contributed by atoms with Gasteiger partial charge in [0, 0.05) is 19.3 Å². The van der Waals surface area contributed by atoms with Gasteiger partial charge in [0.15, 0.2) is 0 Å². The Morgan fingerprint density at radius 3 is 2.92 bits per heavy atom. The van der Waals surface area contributed by atoms with Crippen molar-refractivity contribution in [2.24, 2.45) is 5.92 Å². The van der Waals surface area contributed by atoms with Crippen LogP contribution in [0.1, 0.15) is 18.7 Å². The van der Waals surface area contributed by atoms with Crippen LogP contribution >= 0.6 is 0 Å².